The van der Waals surface area contributed by atoms with Crippen LogP contribution >= 0.6 is 0 Å². The van der Waals surface area contributed by atoms with Gasteiger partial charge in [0.25, 0.3) is 0 Å². The van der Waals surface area contributed by atoms with Crippen molar-refractivity contribution >= 4 is 16.7 Å². The monoisotopic (exact) mass is 398 g/mol. The van der Waals surface area contributed by atoms with Gasteiger partial charge in [0.05, 0.1) is 5.56 Å². The van der Waals surface area contributed by atoms with Crippen LogP contribution in [0.1, 0.15) is 54.4 Å². The normalized spacial score (nSPS) is 29.4. The molecule has 0 unspecified atom stereocenters. The van der Waals surface area contributed by atoms with Gasteiger partial charge in [-0.2, -0.15) is 0 Å². The lowest BCUT2D eigenvalue weighted by atomic mass is 9.48. The van der Waals surface area contributed by atoms with Crippen molar-refractivity contribution in [2.24, 2.45) is 17.8 Å². The van der Waals surface area contributed by atoms with E-state index in [1.165, 1.54) is 38.5 Å². The lowest BCUT2D eigenvalue weighted by Crippen LogP contribution is -2.48. The van der Waals surface area contributed by atoms with Crippen LogP contribution < -0.4 is 0 Å². The summed E-state index contributed by atoms with van der Waals surface area (Å²) in [6, 6.07) is 17.5. The fourth-order valence-electron chi connectivity index (χ4n) is 7.14. The van der Waals surface area contributed by atoms with Crippen molar-refractivity contribution in [1.29, 1.82) is 0 Å². The number of rotatable bonds is 3. The quantitative estimate of drug-likeness (QED) is 0.538. The molecule has 0 atom stereocenters. The zero-order chi connectivity index (χ0) is 20.5. The Hall–Kier alpha value is -2.81. The number of carboxylic acids is 1. The van der Waals surface area contributed by atoms with Gasteiger partial charge in [-0.25, -0.2) is 4.79 Å². The molecular formula is C27H26O3. The van der Waals surface area contributed by atoms with Crippen LogP contribution in [0.25, 0.3) is 21.9 Å². The number of hydrogen-bond acceptors (Lipinski definition) is 2. The fraction of sp³-hybridized carbons (Fsp3) is 0.370. The number of benzene rings is 3. The first-order valence-electron chi connectivity index (χ1n) is 11.1. The summed E-state index contributed by atoms with van der Waals surface area (Å²) < 4.78 is 0. The lowest BCUT2D eigenvalue weighted by molar-refractivity contribution is -0.00611. The highest BCUT2D eigenvalue weighted by molar-refractivity contribution is 5.95. The molecule has 3 nitrogen and oxygen atoms in total. The van der Waals surface area contributed by atoms with Crippen molar-refractivity contribution < 1.29 is 15.0 Å². The Kier molecular flexibility index (Phi) is 3.80. The van der Waals surface area contributed by atoms with E-state index in [2.05, 4.69) is 18.2 Å². The number of carbonyl (C=O) groups is 1. The van der Waals surface area contributed by atoms with Crippen LogP contribution in [0, 0.1) is 17.8 Å². The van der Waals surface area contributed by atoms with Gasteiger partial charge >= 0.3 is 5.97 Å². The maximum Gasteiger partial charge on any atom is 0.335 e. The molecule has 0 spiro atoms. The summed E-state index contributed by atoms with van der Waals surface area (Å²) in [7, 11) is 0. The number of hydrogen-bond donors (Lipinski definition) is 2. The minimum Gasteiger partial charge on any atom is -0.508 e. The number of carboxylic acid groups (broad SMARTS) is 1. The Labute approximate surface area is 176 Å². The molecule has 0 aromatic heterocycles. The van der Waals surface area contributed by atoms with Gasteiger partial charge in [0.2, 0.25) is 0 Å². The predicted molar refractivity (Wildman–Crippen MR) is 118 cm³/mol. The number of phenolic OH excluding ortho intramolecular Hbond substituents is 1. The molecule has 0 saturated heterocycles. The maximum absolute atomic E-state index is 11.4. The predicted octanol–water partition coefficient (Wildman–Crippen LogP) is 6.38. The first-order chi connectivity index (χ1) is 14.5. The van der Waals surface area contributed by atoms with Crippen LogP contribution in [0.2, 0.25) is 0 Å². The van der Waals surface area contributed by atoms with E-state index in [0.717, 1.165) is 45.2 Å². The maximum atomic E-state index is 11.4. The van der Waals surface area contributed by atoms with Gasteiger partial charge in [-0.3, -0.25) is 0 Å². The van der Waals surface area contributed by atoms with Crippen molar-refractivity contribution in [3.8, 4) is 16.9 Å². The topological polar surface area (TPSA) is 57.5 Å². The molecule has 4 aliphatic rings. The Morgan fingerprint density at radius 1 is 0.767 bits per heavy atom. The summed E-state index contributed by atoms with van der Waals surface area (Å²) in [5.41, 5.74) is 3.75. The van der Waals surface area contributed by atoms with Gasteiger partial charge in [-0.05, 0) is 114 Å². The van der Waals surface area contributed by atoms with Crippen LogP contribution in [0.3, 0.4) is 0 Å². The van der Waals surface area contributed by atoms with Crippen molar-refractivity contribution in [3.63, 3.8) is 0 Å². The molecule has 3 heteroatoms. The second-order valence-corrected chi connectivity index (χ2v) is 10.0. The van der Waals surface area contributed by atoms with Gasteiger partial charge < -0.3 is 10.2 Å². The highest BCUT2D eigenvalue weighted by Crippen LogP contribution is 2.62. The second-order valence-electron chi connectivity index (χ2n) is 10.0. The Balaban J connectivity index is 1.43. The standard InChI is InChI=1S/C27H26O3/c28-25-6-5-21(20-3-1-19-2-4-22(26(29)30)11-23(19)10-20)12-24(25)27-13-16-7-17(14-27)9-18(8-16)15-27/h1-6,10-12,16-18,28H,7-9,13-15H2,(H,29,30). The van der Waals surface area contributed by atoms with Gasteiger partial charge in [0.15, 0.2) is 0 Å². The molecule has 4 saturated carbocycles. The first-order valence-corrected chi connectivity index (χ1v) is 11.1. The van der Waals surface area contributed by atoms with Crippen molar-refractivity contribution in [3.05, 3.63) is 65.7 Å². The van der Waals surface area contributed by atoms with E-state index in [9.17, 15) is 15.0 Å². The van der Waals surface area contributed by atoms with Crippen molar-refractivity contribution in [2.75, 3.05) is 0 Å². The Morgan fingerprint density at radius 3 is 2.03 bits per heavy atom. The summed E-state index contributed by atoms with van der Waals surface area (Å²) >= 11 is 0. The fourth-order valence-corrected chi connectivity index (χ4v) is 7.14. The Bertz CT molecular complexity index is 1140. The summed E-state index contributed by atoms with van der Waals surface area (Å²) in [5.74, 6) is 2.02. The third-order valence-electron chi connectivity index (χ3n) is 8.03. The molecule has 0 radical (unpaired) electrons. The minimum absolute atomic E-state index is 0.141. The van der Waals surface area contributed by atoms with Gasteiger partial charge in [0.1, 0.15) is 5.75 Å². The Morgan fingerprint density at radius 2 is 1.37 bits per heavy atom. The van der Waals surface area contributed by atoms with E-state index in [-0.39, 0.29) is 5.41 Å². The molecule has 152 valence electrons. The summed E-state index contributed by atoms with van der Waals surface area (Å²) in [6.07, 6.45) is 7.81. The average molecular weight is 399 g/mol. The van der Waals surface area contributed by atoms with Crippen LogP contribution in [0.4, 0.5) is 0 Å². The molecule has 4 aliphatic carbocycles. The molecule has 4 bridgehead atoms. The molecule has 0 heterocycles. The smallest absolute Gasteiger partial charge is 0.335 e. The van der Waals surface area contributed by atoms with E-state index in [0.29, 0.717) is 11.3 Å². The highest BCUT2D eigenvalue weighted by Gasteiger charge is 2.52. The highest BCUT2D eigenvalue weighted by atomic mass is 16.4. The zero-order valence-corrected chi connectivity index (χ0v) is 17.0. The molecule has 4 fully saturated rings. The van der Waals surface area contributed by atoms with Crippen LogP contribution in [0.15, 0.2) is 54.6 Å². The third kappa shape index (κ3) is 2.75. The van der Waals surface area contributed by atoms with Crippen LogP contribution in [-0.4, -0.2) is 16.2 Å². The van der Waals surface area contributed by atoms with Crippen molar-refractivity contribution in [2.45, 2.75) is 43.9 Å². The molecule has 2 N–H and O–H groups in total. The van der Waals surface area contributed by atoms with E-state index < -0.39 is 5.97 Å². The van der Waals surface area contributed by atoms with Gasteiger partial charge in [0, 0.05) is 5.56 Å². The second kappa shape index (κ2) is 6.34. The molecule has 0 amide bonds. The van der Waals surface area contributed by atoms with E-state index in [1.54, 1.807) is 12.1 Å². The van der Waals surface area contributed by atoms with E-state index in [1.807, 2.05) is 24.3 Å². The lowest BCUT2D eigenvalue weighted by Gasteiger charge is -2.57. The SMILES string of the molecule is O=C(O)c1ccc2ccc(-c3ccc(O)c(C45CC6CC(CC(C6)C4)C5)c3)cc2c1. The summed E-state index contributed by atoms with van der Waals surface area (Å²) in [5, 5.41) is 22.1. The van der Waals surface area contributed by atoms with Gasteiger partial charge in [-0.15, -0.1) is 0 Å². The number of phenols is 1. The van der Waals surface area contributed by atoms with Crippen LogP contribution in [0.5, 0.6) is 5.75 Å². The molecule has 30 heavy (non-hydrogen) atoms. The molecule has 7 rings (SSSR count). The number of aromatic hydroxyl groups is 1. The molecule has 3 aromatic carbocycles. The largest absolute Gasteiger partial charge is 0.508 e. The van der Waals surface area contributed by atoms with Crippen molar-refractivity contribution in [1.82, 2.24) is 0 Å². The van der Waals surface area contributed by atoms with E-state index >= 15 is 0 Å². The van der Waals surface area contributed by atoms with E-state index in [4.69, 9.17) is 0 Å². The molecule has 3 aromatic rings. The van der Waals surface area contributed by atoms with Crippen LogP contribution in [-0.2, 0) is 5.41 Å². The molecular weight excluding hydrogens is 372 g/mol. The number of aromatic carboxylic acids is 1. The average Bonchev–Trinajstić information content (AvgIpc) is 2.72. The zero-order valence-electron chi connectivity index (χ0n) is 17.0. The molecule has 0 aliphatic heterocycles. The number of fused-ring (bicyclic) bond motifs is 1. The third-order valence-corrected chi connectivity index (χ3v) is 8.03. The van der Waals surface area contributed by atoms with Gasteiger partial charge in [-0.1, -0.05) is 24.3 Å². The summed E-state index contributed by atoms with van der Waals surface area (Å²) in [6.45, 7) is 0. The first kappa shape index (κ1) is 18.0. The minimum atomic E-state index is -0.906. The summed E-state index contributed by atoms with van der Waals surface area (Å²) in [4.78, 5) is 11.4.